The number of benzene rings is 1. The molecule has 1 heterocycles. The van der Waals surface area contributed by atoms with Crippen LogP contribution in [0, 0.1) is 19.3 Å². The summed E-state index contributed by atoms with van der Waals surface area (Å²) < 4.78 is 5.41. The molecule has 0 bridgehead atoms. The molecule has 0 saturated heterocycles. The summed E-state index contributed by atoms with van der Waals surface area (Å²) in [7, 11) is 0. The Morgan fingerprint density at radius 3 is 2.71 bits per heavy atom. The van der Waals surface area contributed by atoms with Crippen LogP contribution >= 0.6 is 0 Å². The minimum absolute atomic E-state index is 0.104. The first kappa shape index (κ1) is 18.0. The summed E-state index contributed by atoms with van der Waals surface area (Å²) in [6.07, 6.45) is 2.23. The molecule has 6 heteroatoms. The van der Waals surface area contributed by atoms with Crippen LogP contribution in [0.4, 0.5) is 10.5 Å². The van der Waals surface area contributed by atoms with Crippen molar-refractivity contribution in [2.75, 3.05) is 18.5 Å². The molecule has 0 saturated carbocycles. The number of nitrogens with zero attached hydrogens (tertiary/aromatic N) is 1. The van der Waals surface area contributed by atoms with Crippen molar-refractivity contribution in [3.63, 3.8) is 0 Å². The number of hydrogen-bond donors (Lipinski definition) is 3. The predicted molar refractivity (Wildman–Crippen MR) is 93.9 cm³/mol. The lowest BCUT2D eigenvalue weighted by Gasteiger charge is -2.24. The van der Waals surface area contributed by atoms with E-state index in [1.807, 2.05) is 45.9 Å². The fourth-order valence-corrected chi connectivity index (χ4v) is 2.25. The van der Waals surface area contributed by atoms with Gasteiger partial charge in [-0.3, -0.25) is 0 Å². The van der Waals surface area contributed by atoms with Crippen LogP contribution in [0.3, 0.4) is 0 Å². The van der Waals surface area contributed by atoms with Gasteiger partial charge in [0.2, 0.25) is 5.89 Å². The fourth-order valence-electron chi connectivity index (χ4n) is 2.25. The Bertz CT molecular complexity index is 707. The van der Waals surface area contributed by atoms with Crippen molar-refractivity contribution in [1.29, 1.82) is 0 Å². The predicted octanol–water partition coefficient (Wildman–Crippen LogP) is 3.49. The number of urea groups is 1. The van der Waals surface area contributed by atoms with Gasteiger partial charge < -0.3 is 20.2 Å². The highest BCUT2D eigenvalue weighted by molar-refractivity contribution is 5.90. The Labute approximate surface area is 142 Å². The summed E-state index contributed by atoms with van der Waals surface area (Å²) in [5.41, 5.74) is 3.12. The number of aliphatic hydroxyl groups excluding tert-OH is 1. The lowest BCUT2D eigenvalue weighted by atomic mass is 9.90. The van der Waals surface area contributed by atoms with Gasteiger partial charge >= 0.3 is 6.03 Å². The van der Waals surface area contributed by atoms with E-state index in [2.05, 4.69) is 15.6 Å². The molecule has 0 aliphatic rings. The van der Waals surface area contributed by atoms with Crippen molar-refractivity contribution < 1.29 is 14.3 Å². The minimum atomic E-state index is -0.273. The number of carbonyl (C=O) groups is 1. The largest absolute Gasteiger partial charge is 0.444 e. The average Bonchev–Trinajstić information content (AvgIpc) is 2.94. The second-order valence-electron chi connectivity index (χ2n) is 6.77. The fraction of sp³-hybridized carbons (Fsp3) is 0.444. The van der Waals surface area contributed by atoms with Crippen molar-refractivity contribution in [2.45, 2.75) is 34.1 Å². The van der Waals surface area contributed by atoms with E-state index in [1.165, 1.54) is 0 Å². The molecule has 0 aliphatic heterocycles. The van der Waals surface area contributed by atoms with Crippen LogP contribution in [-0.2, 0) is 0 Å². The van der Waals surface area contributed by atoms with Gasteiger partial charge in [-0.15, -0.1) is 0 Å². The molecule has 24 heavy (non-hydrogen) atoms. The van der Waals surface area contributed by atoms with Gasteiger partial charge in [-0.05, 0) is 43.4 Å². The number of rotatable bonds is 6. The Balaban J connectivity index is 2.05. The molecule has 0 unspecified atom stereocenters. The second kappa shape index (κ2) is 7.49. The normalized spacial score (nSPS) is 11.4. The number of oxazole rings is 1. The first-order valence-corrected chi connectivity index (χ1v) is 7.99. The van der Waals surface area contributed by atoms with E-state index in [0.29, 0.717) is 24.5 Å². The van der Waals surface area contributed by atoms with Crippen molar-refractivity contribution in [3.8, 4) is 11.5 Å². The standard InChI is InChI=1S/C18H25N3O3/c1-12-5-6-14(16-20-13(2)10-24-16)9-15(12)21-17(23)19-11-18(3,4)7-8-22/h5-6,9-10,22H,7-8,11H2,1-4H3,(H2,19,21,23). The van der Waals surface area contributed by atoms with E-state index in [9.17, 15) is 4.79 Å². The summed E-state index contributed by atoms with van der Waals surface area (Å²) in [6, 6.07) is 5.40. The topological polar surface area (TPSA) is 87.4 Å². The highest BCUT2D eigenvalue weighted by Gasteiger charge is 2.18. The zero-order valence-corrected chi connectivity index (χ0v) is 14.6. The summed E-state index contributed by atoms with van der Waals surface area (Å²) in [5, 5.41) is 14.7. The van der Waals surface area contributed by atoms with Gasteiger partial charge in [0, 0.05) is 24.4 Å². The molecule has 1 aromatic carbocycles. The van der Waals surface area contributed by atoms with Crippen LogP contribution in [-0.4, -0.2) is 29.3 Å². The van der Waals surface area contributed by atoms with Gasteiger partial charge in [-0.1, -0.05) is 19.9 Å². The average molecular weight is 331 g/mol. The first-order valence-electron chi connectivity index (χ1n) is 7.99. The summed E-state index contributed by atoms with van der Waals surface area (Å²) in [4.78, 5) is 16.4. The molecule has 0 fully saturated rings. The Kier molecular flexibility index (Phi) is 5.62. The Morgan fingerprint density at radius 2 is 2.08 bits per heavy atom. The van der Waals surface area contributed by atoms with E-state index in [0.717, 1.165) is 16.8 Å². The molecule has 0 spiro atoms. The van der Waals surface area contributed by atoms with E-state index in [1.54, 1.807) is 6.26 Å². The van der Waals surface area contributed by atoms with Crippen molar-refractivity contribution in [1.82, 2.24) is 10.3 Å². The molecule has 2 amide bonds. The number of carbonyl (C=O) groups excluding carboxylic acids is 1. The molecule has 0 radical (unpaired) electrons. The third-order valence-corrected chi connectivity index (χ3v) is 3.87. The molecular weight excluding hydrogens is 306 g/mol. The summed E-state index contributed by atoms with van der Waals surface area (Å²) >= 11 is 0. The highest BCUT2D eigenvalue weighted by atomic mass is 16.3. The van der Waals surface area contributed by atoms with Crippen molar-refractivity contribution in [3.05, 3.63) is 35.7 Å². The molecule has 1 aromatic heterocycles. The smallest absolute Gasteiger partial charge is 0.319 e. The number of aliphatic hydroxyl groups is 1. The maximum absolute atomic E-state index is 12.1. The van der Waals surface area contributed by atoms with Gasteiger partial charge in [0.15, 0.2) is 0 Å². The summed E-state index contributed by atoms with van der Waals surface area (Å²) in [6.45, 7) is 8.38. The van der Waals surface area contributed by atoms with Gasteiger partial charge in [-0.25, -0.2) is 9.78 Å². The van der Waals surface area contributed by atoms with E-state index in [-0.39, 0.29) is 18.1 Å². The number of anilines is 1. The van der Waals surface area contributed by atoms with Gasteiger partial charge in [0.1, 0.15) is 6.26 Å². The van der Waals surface area contributed by atoms with Gasteiger partial charge in [0.25, 0.3) is 0 Å². The van der Waals surface area contributed by atoms with Crippen molar-refractivity contribution >= 4 is 11.7 Å². The second-order valence-corrected chi connectivity index (χ2v) is 6.77. The van der Waals surface area contributed by atoms with Crippen LogP contribution in [0.25, 0.3) is 11.5 Å². The Hall–Kier alpha value is -2.34. The van der Waals surface area contributed by atoms with Gasteiger partial charge in [-0.2, -0.15) is 0 Å². The SMILES string of the molecule is Cc1coc(-c2ccc(C)c(NC(=O)NCC(C)(C)CCO)c2)n1. The first-order chi connectivity index (χ1) is 11.3. The molecule has 2 aromatic rings. The molecule has 6 nitrogen and oxygen atoms in total. The highest BCUT2D eigenvalue weighted by Crippen LogP contribution is 2.25. The third kappa shape index (κ3) is 4.83. The summed E-state index contributed by atoms with van der Waals surface area (Å²) in [5.74, 6) is 0.528. The van der Waals surface area contributed by atoms with Gasteiger partial charge in [0.05, 0.1) is 5.69 Å². The number of aryl methyl sites for hydroxylation is 2. The number of hydrogen-bond acceptors (Lipinski definition) is 4. The molecule has 0 atom stereocenters. The van der Waals surface area contributed by atoms with Crippen LogP contribution in [0.2, 0.25) is 0 Å². The number of aromatic nitrogens is 1. The molecule has 3 N–H and O–H groups in total. The zero-order valence-electron chi connectivity index (χ0n) is 14.6. The van der Waals surface area contributed by atoms with Crippen LogP contribution < -0.4 is 10.6 Å². The molecule has 0 aliphatic carbocycles. The number of amides is 2. The van der Waals surface area contributed by atoms with Crippen LogP contribution in [0.5, 0.6) is 0 Å². The number of nitrogens with one attached hydrogen (secondary N) is 2. The lowest BCUT2D eigenvalue weighted by Crippen LogP contribution is -2.37. The molecular formula is C18H25N3O3. The quantitative estimate of drug-likeness (QED) is 0.756. The zero-order chi connectivity index (χ0) is 17.7. The van der Waals surface area contributed by atoms with E-state index < -0.39 is 0 Å². The Morgan fingerprint density at radius 1 is 1.33 bits per heavy atom. The molecule has 130 valence electrons. The van der Waals surface area contributed by atoms with E-state index >= 15 is 0 Å². The maximum Gasteiger partial charge on any atom is 0.319 e. The maximum atomic E-state index is 12.1. The third-order valence-electron chi connectivity index (χ3n) is 3.87. The van der Waals surface area contributed by atoms with Crippen LogP contribution in [0.15, 0.2) is 28.9 Å². The van der Waals surface area contributed by atoms with Crippen molar-refractivity contribution in [2.24, 2.45) is 5.41 Å². The lowest BCUT2D eigenvalue weighted by molar-refractivity contribution is 0.204. The monoisotopic (exact) mass is 331 g/mol. The molecule has 2 rings (SSSR count). The minimum Gasteiger partial charge on any atom is -0.444 e. The van der Waals surface area contributed by atoms with E-state index in [4.69, 9.17) is 9.52 Å². The van der Waals surface area contributed by atoms with Crippen LogP contribution in [0.1, 0.15) is 31.5 Å².